The lowest BCUT2D eigenvalue weighted by Gasteiger charge is -2.06. The second-order valence-corrected chi connectivity index (χ2v) is 4.90. The summed E-state index contributed by atoms with van der Waals surface area (Å²) in [6, 6.07) is 5.06. The van der Waals surface area contributed by atoms with Crippen LogP contribution in [0.1, 0.15) is 18.2 Å². The third-order valence-electron chi connectivity index (χ3n) is 2.71. The van der Waals surface area contributed by atoms with E-state index in [1.54, 1.807) is 6.07 Å². The molecule has 1 aromatic carbocycles. The van der Waals surface area contributed by atoms with E-state index in [4.69, 9.17) is 0 Å². The molecule has 2 rings (SSSR count). The fraction of sp³-hybridized carbons (Fsp3) is 0.308. The Morgan fingerprint density at radius 3 is 2.68 bits per heavy atom. The van der Waals surface area contributed by atoms with Crippen molar-refractivity contribution < 1.29 is 13.2 Å². The van der Waals surface area contributed by atoms with Crippen molar-refractivity contribution in [1.29, 1.82) is 0 Å². The molecule has 2 nitrogen and oxygen atoms in total. The first-order valence-electron chi connectivity index (χ1n) is 5.78. The number of nitrogens with zero attached hydrogens (tertiary/aromatic N) is 2. The van der Waals surface area contributed by atoms with Gasteiger partial charge in [-0.25, -0.2) is 4.99 Å². The van der Waals surface area contributed by atoms with Crippen LogP contribution in [0, 0.1) is 6.92 Å². The number of hydrogen-bond donors (Lipinski definition) is 0. The molecule has 0 saturated carbocycles. The molecule has 1 aromatic heterocycles. The lowest BCUT2D eigenvalue weighted by molar-refractivity contribution is -0.137. The first kappa shape index (κ1) is 13.9. The lowest BCUT2D eigenvalue weighted by Crippen LogP contribution is -2.14. The number of halogens is 3. The second kappa shape index (κ2) is 5.21. The van der Waals surface area contributed by atoms with Gasteiger partial charge in [0, 0.05) is 17.6 Å². The Bertz CT molecular complexity index is 638. The summed E-state index contributed by atoms with van der Waals surface area (Å²) in [5.74, 6) is 0. The van der Waals surface area contributed by atoms with E-state index < -0.39 is 11.7 Å². The van der Waals surface area contributed by atoms with Crippen LogP contribution in [0.2, 0.25) is 0 Å². The zero-order valence-corrected chi connectivity index (χ0v) is 11.3. The minimum absolute atomic E-state index is 0.318. The minimum atomic E-state index is -4.34. The Labute approximate surface area is 112 Å². The molecule has 0 fully saturated rings. The van der Waals surface area contributed by atoms with Crippen LogP contribution in [0.4, 0.5) is 18.9 Å². The Hall–Kier alpha value is -1.56. The average Bonchev–Trinajstić information content (AvgIpc) is 2.69. The van der Waals surface area contributed by atoms with E-state index in [9.17, 15) is 13.2 Å². The van der Waals surface area contributed by atoms with Gasteiger partial charge in [0.2, 0.25) is 0 Å². The maximum atomic E-state index is 12.6. The summed E-state index contributed by atoms with van der Waals surface area (Å²) in [6.07, 6.45) is -4.34. The maximum absolute atomic E-state index is 12.6. The van der Waals surface area contributed by atoms with Gasteiger partial charge in [0.15, 0.2) is 4.80 Å². The SMILES string of the molecule is CCn1c(C)csc1=Nc1cccc(C(F)(F)F)c1. The molecule has 6 heteroatoms. The van der Waals surface area contributed by atoms with Gasteiger partial charge >= 0.3 is 6.18 Å². The lowest BCUT2D eigenvalue weighted by atomic mass is 10.2. The molecule has 0 bridgehead atoms. The van der Waals surface area contributed by atoms with Crippen LogP contribution in [0.15, 0.2) is 34.6 Å². The molecule has 1 heterocycles. The number of aromatic nitrogens is 1. The van der Waals surface area contributed by atoms with E-state index in [0.717, 1.165) is 24.4 Å². The zero-order valence-electron chi connectivity index (χ0n) is 10.5. The molecule has 0 radical (unpaired) electrons. The van der Waals surface area contributed by atoms with Crippen LogP contribution in [0.5, 0.6) is 0 Å². The van der Waals surface area contributed by atoms with Crippen LogP contribution in [0.3, 0.4) is 0 Å². The van der Waals surface area contributed by atoms with Crippen molar-refractivity contribution in [1.82, 2.24) is 4.57 Å². The fourth-order valence-electron chi connectivity index (χ4n) is 1.75. The predicted octanol–water partition coefficient (Wildman–Crippen LogP) is 4.13. The Morgan fingerprint density at radius 2 is 2.05 bits per heavy atom. The van der Waals surface area contributed by atoms with E-state index in [0.29, 0.717) is 10.5 Å². The van der Waals surface area contributed by atoms with Crippen LogP contribution in [0.25, 0.3) is 0 Å². The summed E-state index contributed by atoms with van der Waals surface area (Å²) in [7, 11) is 0. The summed E-state index contributed by atoms with van der Waals surface area (Å²) >= 11 is 1.42. The van der Waals surface area contributed by atoms with Gasteiger partial charge in [-0.3, -0.25) is 0 Å². The highest BCUT2D eigenvalue weighted by molar-refractivity contribution is 7.07. The number of alkyl halides is 3. The highest BCUT2D eigenvalue weighted by Crippen LogP contribution is 2.31. The van der Waals surface area contributed by atoms with E-state index in [1.807, 2.05) is 23.8 Å². The highest BCUT2D eigenvalue weighted by Gasteiger charge is 2.30. The van der Waals surface area contributed by atoms with Gasteiger partial charge in [-0.2, -0.15) is 13.2 Å². The highest BCUT2D eigenvalue weighted by atomic mass is 32.1. The molecule has 0 spiro atoms. The van der Waals surface area contributed by atoms with Crippen LogP contribution in [-0.2, 0) is 12.7 Å². The molecule has 102 valence electrons. The van der Waals surface area contributed by atoms with Gasteiger partial charge in [0.1, 0.15) is 0 Å². The molecule has 0 N–H and O–H groups in total. The second-order valence-electron chi connectivity index (χ2n) is 4.06. The van der Waals surface area contributed by atoms with Crippen molar-refractivity contribution in [2.24, 2.45) is 4.99 Å². The first-order chi connectivity index (χ1) is 8.91. The number of rotatable bonds is 2. The third kappa shape index (κ3) is 3.07. The quantitative estimate of drug-likeness (QED) is 0.790. The van der Waals surface area contributed by atoms with Crippen molar-refractivity contribution >= 4 is 17.0 Å². The predicted molar refractivity (Wildman–Crippen MR) is 69.4 cm³/mol. The monoisotopic (exact) mass is 286 g/mol. The van der Waals surface area contributed by atoms with Crippen LogP contribution >= 0.6 is 11.3 Å². The number of benzene rings is 1. The Kier molecular flexibility index (Phi) is 3.80. The summed E-state index contributed by atoms with van der Waals surface area (Å²) in [4.78, 5) is 5.00. The van der Waals surface area contributed by atoms with Gasteiger partial charge < -0.3 is 4.57 Å². The Morgan fingerprint density at radius 1 is 1.32 bits per heavy atom. The molecule has 0 aliphatic rings. The third-order valence-corrected chi connectivity index (χ3v) is 3.69. The van der Waals surface area contributed by atoms with Crippen molar-refractivity contribution in [2.75, 3.05) is 0 Å². The van der Waals surface area contributed by atoms with Gasteiger partial charge in [-0.15, -0.1) is 11.3 Å². The molecule has 0 aliphatic carbocycles. The van der Waals surface area contributed by atoms with Crippen molar-refractivity contribution in [3.63, 3.8) is 0 Å². The molecule has 2 aromatic rings. The fourth-order valence-corrected chi connectivity index (χ4v) is 2.71. The smallest absolute Gasteiger partial charge is 0.321 e. The van der Waals surface area contributed by atoms with E-state index in [1.165, 1.54) is 17.4 Å². The van der Waals surface area contributed by atoms with Crippen molar-refractivity contribution in [2.45, 2.75) is 26.6 Å². The van der Waals surface area contributed by atoms with Gasteiger partial charge in [0.25, 0.3) is 0 Å². The van der Waals surface area contributed by atoms with E-state index in [-0.39, 0.29) is 0 Å². The molecule has 19 heavy (non-hydrogen) atoms. The summed E-state index contributed by atoms with van der Waals surface area (Å²) in [5, 5.41) is 1.94. The topological polar surface area (TPSA) is 17.3 Å². The molecule has 0 aliphatic heterocycles. The first-order valence-corrected chi connectivity index (χ1v) is 6.66. The molecule has 0 unspecified atom stereocenters. The van der Waals surface area contributed by atoms with Crippen molar-refractivity contribution in [3.8, 4) is 0 Å². The number of aryl methyl sites for hydroxylation is 1. The molecule has 0 atom stereocenters. The van der Waals surface area contributed by atoms with Crippen LogP contribution < -0.4 is 4.80 Å². The standard InChI is InChI=1S/C13H13F3N2S/c1-3-18-9(2)8-19-12(18)17-11-6-4-5-10(7-11)13(14,15)16/h4-8H,3H2,1-2H3. The van der Waals surface area contributed by atoms with Gasteiger partial charge in [-0.05, 0) is 32.0 Å². The summed E-state index contributed by atoms with van der Waals surface area (Å²) in [6.45, 7) is 4.67. The van der Waals surface area contributed by atoms with Crippen molar-refractivity contribution in [3.05, 3.63) is 45.7 Å². The summed E-state index contributed by atoms with van der Waals surface area (Å²) in [5.41, 5.74) is 0.696. The zero-order chi connectivity index (χ0) is 14.0. The molecule has 0 amide bonds. The Balaban J connectivity index is 2.49. The average molecular weight is 286 g/mol. The minimum Gasteiger partial charge on any atom is -0.321 e. The normalized spacial score (nSPS) is 13.0. The number of thiazole rings is 1. The molecule has 0 saturated heterocycles. The van der Waals surface area contributed by atoms with E-state index in [2.05, 4.69) is 4.99 Å². The molecular weight excluding hydrogens is 273 g/mol. The molecular formula is C13H13F3N2S. The number of hydrogen-bond acceptors (Lipinski definition) is 2. The van der Waals surface area contributed by atoms with Gasteiger partial charge in [-0.1, -0.05) is 6.07 Å². The summed E-state index contributed by atoms with van der Waals surface area (Å²) < 4.78 is 39.8. The largest absolute Gasteiger partial charge is 0.416 e. The maximum Gasteiger partial charge on any atom is 0.416 e. The van der Waals surface area contributed by atoms with Crippen LogP contribution in [-0.4, -0.2) is 4.57 Å². The van der Waals surface area contributed by atoms with E-state index >= 15 is 0 Å². The van der Waals surface area contributed by atoms with Gasteiger partial charge in [0.05, 0.1) is 11.3 Å².